The average Bonchev–Trinajstić information content (AvgIpc) is 3.10. The fraction of sp³-hybridized carbons (Fsp3) is 0.154. The summed E-state index contributed by atoms with van der Waals surface area (Å²) in [5, 5.41) is 12.3. The summed E-state index contributed by atoms with van der Waals surface area (Å²) in [6.45, 7) is 0. The molecule has 2 aromatic heterocycles. The first-order valence-electron chi connectivity index (χ1n) is 6.63. The van der Waals surface area contributed by atoms with Crippen LogP contribution in [0.4, 0.5) is 10.7 Å². The highest BCUT2D eigenvalue weighted by atomic mass is 32.2. The highest BCUT2D eigenvalue weighted by Gasteiger charge is 2.26. The van der Waals surface area contributed by atoms with Crippen molar-refractivity contribution in [2.24, 2.45) is 0 Å². The molecule has 2 heterocycles. The maximum Gasteiger partial charge on any atom is 0.349 e. The lowest BCUT2D eigenvalue weighted by atomic mass is 10.4. The largest absolute Gasteiger partial charge is 0.481 e. The van der Waals surface area contributed by atoms with Gasteiger partial charge in [0.1, 0.15) is 21.5 Å². The number of nitrogens with zero attached hydrogens (tertiary/aromatic N) is 3. The number of thiophene rings is 1. The van der Waals surface area contributed by atoms with Crippen LogP contribution in [0.2, 0.25) is 0 Å². The molecule has 0 atom stereocenters. The van der Waals surface area contributed by atoms with Crippen LogP contribution in [0.25, 0.3) is 0 Å². The van der Waals surface area contributed by atoms with Gasteiger partial charge in [-0.15, -0.1) is 11.3 Å². The molecular weight excluding hydrogens is 386 g/mol. The number of urea groups is 1. The number of nitrogens with one attached hydrogen (secondary N) is 2. The molecule has 2 amide bonds. The van der Waals surface area contributed by atoms with Gasteiger partial charge in [0, 0.05) is 6.07 Å². The van der Waals surface area contributed by atoms with Crippen LogP contribution >= 0.6 is 11.3 Å². The van der Waals surface area contributed by atoms with Gasteiger partial charge in [0.25, 0.3) is 10.0 Å². The van der Waals surface area contributed by atoms with Crippen LogP contribution in [0.3, 0.4) is 0 Å². The lowest BCUT2D eigenvalue weighted by molar-refractivity contribution is 0.0602. The van der Waals surface area contributed by atoms with Crippen molar-refractivity contribution < 1.29 is 27.5 Å². The van der Waals surface area contributed by atoms with E-state index in [0.29, 0.717) is 0 Å². The van der Waals surface area contributed by atoms with E-state index in [4.69, 9.17) is 10.00 Å². The normalized spacial score (nSPS) is 10.5. The van der Waals surface area contributed by atoms with Crippen molar-refractivity contribution in [1.29, 1.82) is 5.26 Å². The first-order chi connectivity index (χ1) is 12.3. The van der Waals surface area contributed by atoms with Crippen LogP contribution in [0.5, 0.6) is 5.88 Å². The number of hydrogen-bond acceptors (Lipinski definition) is 10. The van der Waals surface area contributed by atoms with Crippen molar-refractivity contribution in [1.82, 2.24) is 14.7 Å². The zero-order valence-corrected chi connectivity index (χ0v) is 15.0. The third-order valence-corrected chi connectivity index (χ3v) is 5.17. The lowest BCUT2D eigenvalue weighted by Crippen LogP contribution is -2.35. The minimum Gasteiger partial charge on any atom is -0.481 e. The molecule has 11 nitrogen and oxygen atoms in total. The minimum absolute atomic E-state index is 0.000481. The summed E-state index contributed by atoms with van der Waals surface area (Å²) in [5.74, 6) is -1.19. The summed E-state index contributed by atoms with van der Waals surface area (Å²) in [6, 6.07) is 2.94. The molecule has 0 aliphatic carbocycles. The predicted octanol–water partition coefficient (Wildman–Crippen LogP) is 0.715. The Morgan fingerprint density at radius 1 is 1.31 bits per heavy atom. The number of nitriles is 1. The van der Waals surface area contributed by atoms with E-state index in [2.05, 4.69) is 20.0 Å². The molecule has 0 bridgehead atoms. The van der Waals surface area contributed by atoms with Gasteiger partial charge in [0.2, 0.25) is 11.8 Å². The minimum atomic E-state index is -4.36. The molecule has 2 rings (SSSR count). The maximum absolute atomic E-state index is 12.3. The van der Waals surface area contributed by atoms with E-state index in [1.165, 1.54) is 18.6 Å². The number of anilines is 1. The fourth-order valence-electron chi connectivity index (χ4n) is 1.70. The van der Waals surface area contributed by atoms with Crippen molar-refractivity contribution in [2.45, 2.75) is 4.90 Å². The maximum atomic E-state index is 12.3. The van der Waals surface area contributed by atoms with Crippen LogP contribution in [-0.4, -0.2) is 44.6 Å². The van der Waals surface area contributed by atoms with Crippen LogP contribution in [0, 0.1) is 11.3 Å². The Hall–Kier alpha value is -3.24. The Morgan fingerprint density at radius 3 is 2.65 bits per heavy atom. The van der Waals surface area contributed by atoms with Gasteiger partial charge >= 0.3 is 12.0 Å². The molecule has 0 aliphatic rings. The molecule has 0 radical (unpaired) electrons. The van der Waals surface area contributed by atoms with E-state index in [0.717, 1.165) is 24.5 Å². The number of carbonyl (C=O) groups is 2. The van der Waals surface area contributed by atoms with Crippen LogP contribution in [0.15, 0.2) is 22.4 Å². The summed E-state index contributed by atoms with van der Waals surface area (Å²) < 4.78 is 35.6. The number of amides is 2. The zero-order chi connectivity index (χ0) is 19.3. The highest BCUT2D eigenvalue weighted by molar-refractivity contribution is 7.90. The molecular formula is C13H11N5O6S2. The van der Waals surface area contributed by atoms with Crippen molar-refractivity contribution in [3.63, 3.8) is 0 Å². The number of rotatable bonds is 5. The van der Waals surface area contributed by atoms with Gasteiger partial charge in [-0.25, -0.2) is 27.7 Å². The second-order valence-corrected chi connectivity index (χ2v) is 6.96. The summed E-state index contributed by atoms with van der Waals surface area (Å²) in [7, 11) is -1.96. The number of sulfonamides is 1. The summed E-state index contributed by atoms with van der Waals surface area (Å²) in [5.41, 5.74) is -0.0965. The van der Waals surface area contributed by atoms with Crippen molar-refractivity contribution in [3.05, 3.63) is 28.1 Å². The summed E-state index contributed by atoms with van der Waals surface area (Å²) in [6.07, 6.45) is 0. The molecule has 2 aromatic rings. The van der Waals surface area contributed by atoms with Crippen molar-refractivity contribution in [2.75, 3.05) is 19.5 Å². The fourth-order valence-corrected chi connectivity index (χ4v) is 3.94. The van der Waals surface area contributed by atoms with Gasteiger partial charge in [-0.2, -0.15) is 10.2 Å². The predicted molar refractivity (Wildman–Crippen MR) is 88.3 cm³/mol. The van der Waals surface area contributed by atoms with Gasteiger partial charge in [-0.1, -0.05) is 0 Å². The average molecular weight is 397 g/mol. The van der Waals surface area contributed by atoms with Gasteiger partial charge < -0.3 is 9.47 Å². The van der Waals surface area contributed by atoms with E-state index in [1.807, 2.05) is 0 Å². The zero-order valence-electron chi connectivity index (χ0n) is 13.3. The second-order valence-electron chi connectivity index (χ2n) is 4.40. The van der Waals surface area contributed by atoms with Crippen LogP contribution < -0.4 is 14.8 Å². The molecule has 2 N–H and O–H groups in total. The van der Waals surface area contributed by atoms with Crippen molar-refractivity contribution >= 4 is 39.3 Å². The molecule has 0 spiro atoms. The quantitative estimate of drug-likeness (QED) is 0.692. The third kappa shape index (κ3) is 4.23. The number of aromatic nitrogens is 2. The number of esters is 1. The first kappa shape index (κ1) is 19.1. The molecule has 136 valence electrons. The molecule has 13 heteroatoms. The summed E-state index contributed by atoms with van der Waals surface area (Å²) >= 11 is 0.847. The highest BCUT2D eigenvalue weighted by Crippen LogP contribution is 2.22. The number of ether oxygens (including phenoxy) is 2. The number of carbonyl (C=O) groups excluding carboxylic acids is 2. The standard InChI is InChI=1S/C13H11N5O6S2/c1-23-9-5-7(6-14)15-12(16-9)17-13(20)18-26(21,22)8-3-4-25-10(8)11(19)24-2/h3-5H,1-2H3,(H2,15,16,17,18,20). The number of hydrogen-bond donors (Lipinski definition) is 2. The van der Waals surface area contributed by atoms with Gasteiger partial charge in [0.15, 0.2) is 0 Å². The van der Waals surface area contributed by atoms with E-state index >= 15 is 0 Å². The van der Waals surface area contributed by atoms with E-state index in [-0.39, 0.29) is 22.4 Å². The Morgan fingerprint density at radius 2 is 2.04 bits per heavy atom. The molecule has 26 heavy (non-hydrogen) atoms. The third-order valence-electron chi connectivity index (χ3n) is 2.77. The molecule has 0 fully saturated rings. The molecule has 0 aromatic carbocycles. The monoisotopic (exact) mass is 397 g/mol. The van der Waals surface area contributed by atoms with Crippen LogP contribution in [-0.2, 0) is 14.8 Å². The van der Waals surface area contributed by atoms with E-state index in [9.17, 15) is 18.0 Å². The first-order valence-corrected chi connectivity index (χ1v) is 8.99. The summed E-state index contributed by atoms with van der Waals surface area (Å²) in [4.78, 5) is 30.4. The number of methoxy groups -OCH3 is 2. The van der Waals surface area contributed by atoms with E-state index < -0.39 is 26.9 Å². The van der Waals surface area contributed by atoms with Crippen molar-refractivity contribution in [3.8, 4) is 11.9 Å². The van der Waals surface area contributed by atoms with Gasteiger partial charge in [0.05, 0.1) is 14.2 Å². The Balaban J connectivity index is 2.21. The Bertz CT molecular complexity index is 995. The molecule has 0 saturated carbocycles. The molecule has 0 saturated heterocycles. The van der Waals surface area contributed by atoms with Gasteiger partial charge in [-0.3, -0.25) is 5.32 Å². The molecule has 0 aliphatic heterocycles. The Labute approximate surface area is 151 Å². The SMILES string of the molecule is COC(=O)c1sccc1S(=O)(=O)NC(=O)Nc1nc(C#N)cc(OC)n1. The smallest absolute Gasteiger partial charge is 0.349 e. The van der Waals surface area contributed by atoms with Gasteiger partial charge in [-0.05, 0) is 11.4 Å². The van der Waals surface area contributed by atoms with E-state index in [1.54, 1.807) is 10.8 Å². The molecule has 0 unspecified atom stereocenters. The second kappa shape index (κ2) is 7.76. The Kier molecular flexibility index (Phi) is 5.70. The van der Waals surface area contributed by atoms with Crippen LogP contribution in [0.1, 0.15) is 15.4 Å². The lowest BCUT2D eigenvalue weighted by Gasteiger charge is -2.08. The topological polar surface area (TPSA) is 160 Å².